The molecule has 3 N–H and O–H groups in total. The number of sulfonamides is 1. The van der Waals surface area contributed by atoms with E-state index in [1.807, 2.05) is 0 Å². The molecule has 0 heterocycles. The first-order valence-electron chi connectivity index (χ1n) is 9.92. The van der Waals surface area contributed by atoms with Crippen LogP contribution < -0.4 is 15.4 Å². The lowest BCUT2D eigenvalue weighted by molar-refractivity contribution is -0.123. The molecule has 3 atom stereocenters. The monoisotopic (exact) mass is 443 g/mol. The molecule has 0 aromatic heterocycles. The second-order valence-electron chi connectivity index (χ2n) is 8.49. The SMILES string of the molecule is C[C@H](NS(=O)(=O)c1ccc(F)cc1)C(=O)NC1CCCC1CNC(=O)OC(C)(C)C. The van der Waals surface area contributed by atoms with Gasteiger partial charge in [0.1, 0.15) is 11.4 Å². The quantitative estimate of drug-likeness (QED) is 0.598. The van der Waals surface area contributed by atoms with Gasteiger partial charge in [0.25, 0.3) is 0 Å². The first kappa shape index (κ1) is 24.1. The summed E-state index contributed by atoms with van der Waals surface area (Å²) in [5.41, 5.74) is -0.593. The molecule has 8 nitrogen and oxygen atoms in total. The summed E-state index contributed by atoms with van der Waals surface area (Å²) >= 11 is 0. The predicted molar refractivity (Wildman–Crippen MR) is 110 cm³/mol. The fourth-order valence-corrected chi connectivity index (χ4v) is 4.48. The Morgan fingerprint density at radius 1 is 1.20 bits per heavy atom. The van der Waals surface area contributed by atoms with E-state index in [1.54, 1.807) is 20.8 Å². The van der Waals surface area contributed by atoms with Crippen LogP contribution >= 0.6 is 0 Å². The molecular formula is C20H30FN3O5S. The van der Waals surface area contributed by atoms with Crippen molar-refractivity contribution in [1.29, 1.82) is 0 Å². The standard InChI is InChI=1S/C20H30FN3O5S/c1-13(24-30(27,28)16-10-8-15(21)9-11-16)18(25)23-17-7-5-6-14(17)12-22-19(26)29-20(2,3)4/h8-11,13-14,17,24H,5-7,12H2,1-4H3,(H,22,26)(H,23,25)/t13-,14?,17?/m0/s1. The summed E-state index contributed by atoms with van der Waals surface area (Å²) in [5.74, 6) is -0.982. The van der Waals surface area contributed by atoms with Gasteiger partial charge < -0.3 is 15.4 Å². The summed E-state index contributed by atoms with van der Waals surface area (Å²) in [4.78, 5) is 24.2. The molecule has 1 saturated carbocycles. The summed E-state index contributed by atoms with van der Waals surface area (Å²) in [6, 6.07) is 3.17. The minimum atomic E-state index is -3.96. The molecule has 2 amide bonds. The molecule has 168 valence electrons. The fourth-order valence-electron chi connectivity index (χ4n) is 3.28. The zero-order valence-electron chi connectivity index (χ0n) is 17.7. The smallest absolute Gasteiger partial charge is 0.407 e. The fraction of sp³-hybridized carbons (Fsp3) is 0.600. The number of alkyl carbamates (subject to hydrolysis) is 1. The van der Waals surface area contributed by atoms with E-state index in [9.17, 15) is 22.4 Å². The Hall–Kier alpha value is -2.20. The molecule has 1 aromatic rings. The molecule has 30 heavy (non-hydrogen) atoms. The molecule has 1 aromatic carbocycles. The molecule has 1 fully saturated rings. The number of amides is 2. The van der Waals surface area contributed by atoms with Gasteiger partial charge in [0, 0.05) is 12.6 Å². The third-order valence-corrected chi connectivity index (χ3v) is 6.30. The van der Waals surface area contributed by atoms with Crippen molar-refractivity contribution in [2.75, 3.05) is 6.54 Å². The van der Waals surface area contributed by atoms with Crippen LogP contribution in [-0.2, 0) is 19.6 Å². The van der Waals surface area contributed by atoms with Crippen molar-refractivity contribution in [3.63, 3.8) is 0 Å². The van der Waals surface area contributed by atoms with Crippen LogP contribution in [0.5, 0.6) is 0 Å². The second-order valence-corrected chi connectivity index (χ2v) is 10.2. The van der Waals surface area contributed by atoms with Gasteiger partial charge in [-0.2, -0.15) is 4.72 Å². The van der Waals surface area contributed by atoms with E-state index in [4.69, 9.17) is 4.74 Å². The summed E-state index contributed by atoms with van der Waals surface area (Å²) < 4.78 is 45.3. The normalized spacial score (nSPS) is 20.4. The van der Waals surface area contributed by atoms with E-state index in [1.165, 1.54) is 6.92 Å². The Kier molecular flexibility index (Phi) is 7.81. The molecule has 0 radical (unpaired) electrons. The molecule has 0 aliphatic heterocycles. The largest absolute Gasteiger partial charge is 0.444 e. The number of hydrogen-bond acceptors (Lipinski definition) is 5. The van der Waals surface area contributed by atoms with Crippen molar-refractivity contribution in [3.8, 4) is 0 Å². The van der Waals surface area contributed by atoms with Gasteiger partial charge in [-0.1, -0.05) is 6.42 Å². The summed E-state index contributed by atoms with van der Waals surface area (Å²) in [7, 11) is -3.96. The van der Waals surface area contributed by atoms with E-state index >= 15 is 0 Å². The summed E-state index contributed by atoms with van der Waals surface area (Å²) in [6.45, 7) is 7.13. The van der Waals surface area contributed by atoms with Crippen LogP contribution in [-0.4, -0.2) is 44.6 Å². The number of benzene rings is 1. The van der Waals surface area contributed by atoms with Crippen molar-refractivity contribution in [2.45, 2.75) is 69.5 Å². The number of ether oxygens (including phenoxy) is 1. The van der Waals surface area contributed by atoms with Crippen LogP contribution in [0.15, 0.2) is 29.2 Å². The third kappa shape index (κ3) is 7.24. The van der Waals surface area contributed by atoms with E-state index in [0.29, 0.717) is 6.54 Å². The third-order valence-electron chi connectivity index (χ3n) is 4.74. The van der Waals surface area contributed by atoms with Gasteiger partial charge >= 0.3 is 6.09 Å². The van der Waals surface area contributed by atoms with Crippen molar-refractivity contribution in [3.05, 3.63) is 30.1 Å². The van der Waals surface area contributed by atoms with Gasteiger partial charge in [-0.05, 0) is 70.7 Å². The summed E-state index contributed by atoms with van der Waals surface area (Å²) in [6.07, 6.45) is 1.95. The minimum absolute atomic E-state index is 0.0300. The van der Waals surface area contributed by atoms with Gasteiger partial charge in [0.2, 0.25) is 15.9 Å². The highest BCUT2D eigenvalue weighted by atomic mass is 32.2. The first-order valence-corrected chi connectivity index (χ1v) is 11.4. The molecule has 10 heteroatoms. The molecule has 1 aliphatic rings. The van der Waals surface area contributed by atoms with Crippen LogP contribution in [0.25, 0.3) is 0 Å². The van der Waals surface area contributed by atoms with Crippen LogP contribution in [0.4, 0.5) is 9.18 Å². The predicted octanol–water partition coefficient (Wildman–Crippen LogP) is 2.30. The Balaban J connectivity index is 1.89. The Morgan fingerprint density at radius 3 is 2.43 bits per heavy atom. The molecular weight excluding hydrogens is 413 g/mol. The number of halogens is 1. The Bertz CT molecular complexity index is 852. The lowest BCUT2D eigenvalue weighted by atomic mass is 10.0. The number of nitrogens with one attached hydrogen (secondary N) is 3. The van der Waals surface area contributed by atoms with Gasteiger partial charge in [0.15, 0.2) is 0 Å². The summed E-state index contributed by atoms with van der Waals surface area (Å²) in [5, 5.41) is 5.59. The maximum atomic E-state index is 13.0. The van der Waals surface area contributed by atoms with Crippen molar-refractivity contribution in [1.82, 2.24) is 15.4 Å². The Morgan fingerprint density at radius 2 is 1.83 bits per heavy atom. The minimum Gasteiger partial charge on any atom is -0.444 e. The van der Waals surface area contributed by atoms with Gasteiger partial charge in [-0.3, -0.25) is 4.79 Å². The van der Waals surface area contributed by atoms with E-state index in [2.05, 4.69) is 15.4 Å². The topological polar surface area (TPSA) is 114 Å². The van der Waals surface area contributed by atoms with Gasteiger partial charge in [0.05, 0.1) is 10.9 Å². The maximum absolute atomic E-state index is 13.0. The zero-order valence-corrected chi connectivity index (χ0v) is 18.5. The highest BCUT2D eigenvalue weighted by Gasteiger charge is 2.31. The maximum Gasteiger partial charge on any atom is 0.407 e. The average Bonchev–Trinajstić information content (AvgIpc) is 3.05. The molecule has 2 unspecified atom stereocenters. The lowest BCUT2D eigenvalue weighted by Crippen LogP contribution is -2.50. The molecule has 2 rings (SSSR count). The van der Waals surface area contributed by atoms with E-state index in [-0.39, 0.29) is 16.9 Å². The highest BCUT2D eigenvalue weighted by molar-refractivity contribution is 7.89. The number of carbonyl (C=O) groups excluding carboxylic acids is 2. The van der Waals surface area contributed by atoms with Crippen LogP contribution in [0.1, 0.15) is 47.0 Å². The molecule has 0 spiro atoms. The van der Waals surface area contributed by atoms with Crippen molar-refractivity contribution >= 4 is 22.0 Å². The van der Waals surface area contributed by atoms with Crippen molar-refractivity contribution < 1.29 is 27.1 Å². The molecule has 0 bridgehead atoms. The van der Waals surface area contributed by atoms with E-state index < -0.39 is 39.5 Å². The van der Waals surface area contributed by atoms with Gasteiger partial charge in [-0.15, -0.1) is 0 Å². The van der Waals surface area contributed by atoms with Crippen LogP contribution in [0.3, 0.4) is 0 Å². The number of hydrogen-bond donors (Lipinski definition) is 3. The average molecular weight is 444 g/mol. The first-order chi connectivity index (χ1) is 13.9. The number of carbonyl (C=O) groups is 2. The zero-order chi connectivity index (χ0) is 22.5. The van der Waals surface area contributed by atoms with Crippen molar-refractivity contribution in [2.24, 2.45) is 5.92 Å². The number of rotatable bonds is 7. The molecule has 0 saturated heterocycles. The second kappa shape index (κ2) is 9.74. The van der Waals surface area contributed by atoms with E-state index in [0.717, 1.165) is 43.5 Å². The van der Waals surface area contributed by atoms with Crippen LogP contribution in [0.2, 0.25) is 0 Å². The highest BCUT2D eigenvalue weighted by Crippen LogP contribution is 2.25. The Labute approximate surface area is 177 Å². The lowest BCUT2D eigenvalue weighted by Gasteiger charge is -2.25. The van der Waals surface area contributed by atoms with Crippen LogP contribution in [0, 0.1) is 11.7 Å². The molecule has 1 aliphatic carbocycles. The van der Waals surface area contributed by atoms with Gasteiger partial charge in [-0.25, -0.2) is 17.6 Å².